The van der Waals surface area contributed by atoms with Crippen LogP contribution in [-0.4, -0.2) is 37.8 Å². The van der Waals surface area contributed by atoms with Gasteiger partial charge in [-0.25, -0.2) is 4.79 Å². The number of methoxy groups -OCH3 is 1. The summed E-state index contributed by atoms with van der Waals surface area (Å²) in [6.07, 6.45) is 1.32. The maximum absolute atomic E-state index is 11.8. The molecule has 0 atom stereocenters. The lowest BCUT2D eigenvalue weighted by Gasteiger charge is -2.17. The number of nitrogens with one attached hydrogen (secondary N) is 2. The highest BCUT2D eigenvalue weighted by Crippen LogP contribution is 2.34. The molecule has 6 heteroatoms. The van der Waals surface area contributed by atoms with Crippen LogP contribution in [0.25, 0.3) is 0 Å². The molecule has 1 aliphatic rings. The molecule has 1 aromatic rings. The van der Waals surface area contributed by atoms with E-state index in [1.54, 1.807) is 0 Å². The van der Waals surface area contributed by atoms with Gasteiger partial charge in [-0.2, -0.15) is 0 Å². The fourth-order valence-electron chi connectivity index (χ4n) is 1.95. The molecule has 0 heterocycles. The minimum Gasteiger partial charge on any atom is -0.468 e. The van der Waals surface area contributed by atoms with E-state index in [0.717, 1.165) is 18.4 Å². The van der Waals surface area contributed by atoms with Gasteiger partial charge in [0.15, 0.2) is 0 Å². The van der Waals surface area contributed by atoms with E-state index in [1.165, 1.54) is 7.11 Å². The lowest BCUT2D eigenvalue weighted by atomic mass is 10.2. The summed E-state index contributed by atoms with van der Waals surface area (Å²) in [5, 5.41) is 5.83. The first-order valence-corrected chi connectivity index (χ1v) is 6.90. The number of carbonyl (C=O) groups is 2. The second-order valence-electron chi connectivity index (χ2n) is 5.15. The maximum atomic E-state index is 11.8. The third-order valence-electron chi connectivity index (χ3n) is 3.39. The van der Waals surface area contributed by atoms with E-state index in [-0.39, 0.29) is 24.7 Å². The molecule has 0 saturated heterocycles. The van der Waals surface area contributed by atoms with Crippen molar-refractivity contribution in [1.82, 2.24) is 10.6 Å². The summed E-state index contributed by atoms with van der Waals surface area (Å²) in [6.45, 7) is 0.917. The largest absolute Gasteiger partial charge is 0.468 e. The molecular formula is C15H20N2O4. The van der Waals surface area contributed by atoms with E-state index in [4.69, 9.17) is 4.74 Å². The lowest BCUT2D eigenvalue weighted by Crippen LogP contribution is -2.45. The number of ether oxygens (including phenoxy) is 2. The van der Waals surface area contributed by atoms with Gasteiger partial charge in [-0.05, 0) is 18.4 Å². The zero-order chi connectivity index (χ0) is 15.1. The monoisotopic (exact) mass is 292 g/mol. The molecule has 1 aromatic carbocycles. The van der Waals surface area contributed by atoms with Gasteiger partial charge in [0.25, 0.3) is 0 Å². The van der Waals surface area contributed by atoms with Gasteiger partial charge < -0.3 is 20.1 Å². The average Bonchev–Trinajstić information content (AvgIpc) is 3.25. The lowest BCUT2D eigenvalue weighted by molar-refractivity contribution is -0.139. The van der Waals surface area contributed by atoms with Gasteiger partial charge in [0.2, 0.25) is 0 Å². The Labute approximate surface area is 123 Å². The van der Waals surface area contributed by atoms with Crippen molar-refractivity contribution in [3.63, 3.8) is 0 Å². The van der Waals surface area contributed by atoms with Crippen LogP contribution in [0.4, 0.5) is 4.79 Å². The van der Waals surface area contributed by atoms with Crippen molar-refractivity contribution in [3.8, 4) is 0 Å². The molecular weight excluding hydrogens is 272 g/mol. The smallest absolute Gasteiger partial charge is 0.407 e. The van der Waals surface area contributed by atoms with Crippen LogP contribution in [0.15, 0.2) is 30.3 Å². The van der Waals surface area contributed by atoms with Crippen molar-refractivity contribution in [1.29, 1.82) is 0 Å². The molecule has 1 fully saturated rings. The molecule has 1 saturated carbocycles. The molecule has 0 radical (unpaired) electrons. The van der Waals surface area contributed by atoms with Gasteiger partial charge in [0.1, 0.15) is 6.61 Å². The van der Waals surface area contributed by atoms with E-state index in [9.17, 15) is 9.59 Å². The molecule has 0 aliphatic heterocycles. The Balaban J connectivity index is 1.68. The molecule has 2 rings (SSSR count). The minimum absolute atomic E-state index is 0.138. The number of alkyl carbamates (subject to hydrolysis) is 1. The molecule has 1 amide bonds. The minimum atomic E-state index is -0.434. The highest BCUT2D eigenvalue weighted by molar-refractivity contribution is 5.71. The highest BCUT2D eigenvalue weighted by atomic mass is 16.5. The van der Waals surface area contributed by atoms with Crippen molar-refractivity contribution in [2.24, 2.45) is 0 Å². The summed E-state index contributed by atoms with van der Waals surface area (Å²) in [5.41, 5.74) is 0.656. The molecule has 1 aliphatic carbocycles. The SMILES string of the molecule is COC(=O)CNCC1(NC(=O)OCc2ccccc2)CC1. The second-order valence-corrected chi connectivity index (χ2v) is 5.15. The summed E-state index contributed by atoms with van der Waals surface area (Å²) < 4.78 is 9.72. The van der Waals surface area contributed by atoms with Crippen molar-refractivity contribution in [2.75, 3.05) is 20.2 Å². The van der Waals surface area contributed by atoms with Gasteiger partial charge in [0.05, 0.1) is 19.2 Å². The fourth-order valence-corrected chi connectivity index (χ4v) is 1.95. The van der Waals surface area contributed by atoms with Crippen LogP contribution in [0.5, 0.6) is 0 Å². The summed E-state index contributed by atoms with van der Waals surface area (Å²) in [4.78, 5) is 22.8. The predicted octanol–water partition coefficient (Wildman–Crippen LogP) is 1.21. The molecule has 2 N–H and O–H groups in total. The van der Waals surface area contributed by atoms with Crippen molar-refractivity contribution in [2.45, 2.75) is 25.0 Å². The van der Waals surface area contributed by atoms with Crippen LogP contribution < -0.4 is 10.6 Å². The van der Waals surface area contributed by atoms with Crippen LogP contribution >= 0.6 is 0 Å². The second kappa shape index (κ2) is 7.08. The Hall–Kier alpha value is -2.08. The number of rotatable bonds is 7. The number of hydrogen-bond acceptors (Lipinski definition) is 5. The van der Waals surface area contributed by atoms with Gasteiger partial charge in [-0.1, -0.05) is 30.3 Å². The molecule has 21 heavy (non-hydrogen) atoms. The molecule has 0 bridgehead atoms. The normalized spacial score (nSPS) is 15.1. The number of amides is 1. The van der Waals surface area contributed by atoms with Crippen LogP contribution in [-0.2, 0) is 20.9 Å². The number of hydrogen-bond donors (Lipinski definition) is 2. The third kappa shape index (κ3) is 5.07. The van der Waals surface area contributed by atoms with Gasteiger partial charge in [-0.3, -0.25) is 4.79 Å². The highest BCUT2D eigenvalue weighted by Gasteiger charge is 2.44. The van der Waals surface area contributed by atoms with E-state index in [2.05, 4.69) is 15.4 Å². The number of esters is 1. The topological polar surface area (TPSA) is 76.7 Å². The van der Waals surface area contributed by atoms with E-state index >= 15 is 0 Å². The Bertz CT molecular complexity index is 486. The van der Waals surface area contributed by atoms with Crippen LogP contribution in [0, 0.1) is 0 Å². The zero-order valence-corrected chi connectivity index (χ0v) is 12.1. The predicted molar refractivity (Wildman–Crippen MR) is 76.6 cm³/mol. The fraction of sp³-hybridized carbons (Fsp3) is 0.467. The first-order valence-electron chi connectivity index (χ1n) is 6.90. The van der Waals surface area contributed by atoms with E-state index in [0.29, 0.717) is 6.54 Å². The van der Waals surface area contributed by atoms with E-state index < -0.39 is 6.09 Å². The summed E-state index contributed by atoms with van der Waals surface area (Å²) >= 11 is 0. The van der Waals surface area contributed by atoms with Crippen LogP contribution in [0.1, 0.15) is 18.4 Å². The van der Waals surface area contributed by atoms with Crippen molar-refractivity contribution >= 4 is 12.1 Å². The molecule has 0 spiro atoms. The Morgan fingerprint density at radius 2 is 1.95 bits per heavy atom. The average molecular weight is 292 g/mol. The Kier molecular flexibility index (Phi) is 5.16. The first-order chi connectivity index (χ1) is 10.1. The summed E-state index contributed by atoms with van der Waals surface area (Å²) in [7, 11) is 1.34. The van der Waals surface area contributed by atoms with E-state index in [1.807, 2.05) is 30.3 Å². The van der Waals surface area contributed by atoms with Gasteiger partial charge >= 0.3 is 12.1 Å². The first kappa shape index (κ1) is 15.3. The Morgan fingerprint density at radius 3 is 2.57 bits per heavy atom. The van der Waals surface area contributed by atoms with Crippen molar-refractivity contribution in [3.05, 3.63) is 35.9 Å². The van der Waals surface area contributed by atoms with Gasteiger partial charge in [0, 0.05) is 6.54 Å². The number of benzene rings is 1. The molecule has 0 aromatic heterocycles. The standard InChI is InChI=1S/C15H20N2O4/c1-20-13(18)9-16-11-15(7-8-15)17-14(19)21-10-12-5-3-2-4-6-12/h2-6,16H,7-11H2,1H3,(H,17,19). The molecule has 0 unspecified atom stereocenters. The zero-order valence-electron chi connectivity index (χ0n) is 12.1. The van der Waals surface area contributed by atoms with Gasteiger partial charge in [-0.15, -0.1) is 0 Å². The molecule has 114 valence electrons. The quantitative estimate of drug-likeness (QED) is 0.739. The third-order valence-corrected chi connectivity index (χ3v) is 3.39. The van der Waals surface area contributed by atoms with Crippen LogP contribution in [0.2, 0.25) is 0 Å². The summed E-state index contributed by atoms with van der Waals surface area (Å²) in [5.74, 6) is -0.322. The Morgan fingerprint density at radius 1 is 1.24 bits per heavy atom. The van der Waals surface area contributed by atoms with Crippen molar-refractivity contribution < 1.29 is 19.1 Å². The van der Waals surface area contributed by atoms with Crippen LogP contribution in [0.3, 0.4) is 0 Å². The number of carbonyl (C=O) groups excluding carboxylic acids is 2. The molecule has 6 nitrogen and oxygen atoms in total. The maximum Gasteiger partial charge on any atom is 0.407 e. The summed E-state index contributed by atoms with van der Waals surface area (Å²) in [6, 6.07) is 9.51.